The Morgan fingerprint density at radius 1 is 1.35 bits per heavy atom. The average Bonchev–Trinajstić information content (AvgIpc) is 3.05. The molecule has 2 aliphatic rings. The molecule has 3 heterocycles. The molecule has 108 valence electrons. The first-order chi connectivity index (χ1) is 9.50. The number of hydrogen-bond acceptors (Lipinski definition) is 4. The fourth-order valence-corrected chi connectivity index (χ4v) is 2.42. The summed E-state index contributed by atoms with van der Waals surface area (Å²) < 4.78 is 50.0. The molecule has 1 aromatic rings. The Bertz CT molecular complexity index is 559. The van der Waals surface area contributed by atoms with Gasteiger partial charge in [-0.05, 0) is 12.5 Å². The maximum atomic E-state index is 12.8. The number of alkyl halides is 3. The molecule has 3 rings (SSSR count). The molecule has 1 saturated heterocycles. The molecule has 0 aliphatic carbocycles. The molecule has 0 radical (unpaired) electrons. The zero-order chi connectivity index (χ0) is 14.3. The highest BCUT2D eigenvalue weighted by molar-refractivity contribution is 5.98. The van der Waals surface area contributed by atoms with Crippen LogP contribution >= 0.6 is 0 Å². The van der Waals surface area contributed by atoms with Gasteiger partial charge < -0.3 is 9.47 Å². The van der Waals surface area contributed by atoms with Crippen LogP contribution in [0, 0.1) is 0 Å². The van der Waals surface area contributed by atoms with Gasteiger partial charge in [0.05, 0.1) is 24.8 Å². The Kier molecular flexibility index (Phi) is 3.14. The van der Waals surface area contributed by atoms with Gasteiger partial charge >= 0.3 is 6.18 Å². The van der Waals surface area contributed by atoms with Crippen molar-refractivity contribution in [2.24, 2.45) is 0 Å². The quantitative estimate of drug-likeness (QED) is 0.779. The summed E-state index contributed by atoms with van der Waals surface area (Å²) in [5.74, 6) is -0.398. The molecule has 0 saturated carbocycles. The molecular weight excluding hydrogens is 277 g/mol. The van der Waals surface area contributed by atoms with Crippen LogP contribution in [0.15, 0.2) is 12.1 Å². The van der Waals surface area contributed by atoms with Gasteiger partial charge in [0.15, 0.2) is 18.3 Å². The van der Waals surface area contributed by atoms with Gasteiger partial charge in [-0.3, -0.25) is 4.79 Å². The Morgan fingerprint density at radius 3 is 2.65 bits per heavy atom. The van der Waals surface area contributed by atoms with Gasteiger partial charge in [-0.2, -0.15) is 18.3 Å². The van der Waals surface area contributed by atoms with Gasteiger partial charge in [0, 0.05) is 0 Å². The van der Waals surface area contributed by atoms with Crippen LogP contribution in [0.5, 0.6) is 0 Å². The summed E-state index contributed by atoms with van der Waals surface area (Å²) in [5.41, 5.74) is -0.635. The molecule has 0 bridgehead atoms. The highest BCUT2D eigenvalue weighted by Crippen LogP contribution is 2.38. The predicted octanol–water partition coefficient (Wildman–Crippen LogP) is 1.80. The average molecular weight is 288 g/mol. The van der Waals surface area contributed by atoms with E-state index in [1.807, 2.05) is 0 Å². The van der Waals surface area contributed by atoms with Gasteiger partial charge in [0.2, 0.25) is 0 Å². The highest BCUT2D eigenvalue weighted by Gasteiger charge is 2.39. The van der Waals surface area contributed by atoms with Crippen LogP contribution in [-0.2, 0) is 20.4 Å². The van der Waals surface area contributed by atoms with Gasteiger partial charge in [0.25, 0.3) is 0 Å². The molecule has 5 nitrogen and oxygen atoms in total. The lowest BCUT2D eigenvalue weighted by atomic mass is 9.96. The number of carbonyl (C=O) groups excluding carboxylic acids is 1. The maximum Gasteiger partial charge on any atom is 0.435 e. The van der Waals surface area contributed by atoms with E-state index in [2.05, 4.69) is 5.10 Å². The van der Waals surface area contributed by atoms with E-state index in [4.69, 9.17) is 9.47 Å². The summed E-state index contributed by atoms with van der Waals surface area (Å²) in [4.78, 5) is 10.9. The number of hydrogen-bond donors (Lipinski definition) is 0. The van der Waals surface area contributed by atoms with Crippen molar-refractivity contribution in [2.75, 3.05) is 13.2 Å². The minimum atomic E-state index is -4.56. The summed E-state index contributed by atoms with van der Waals surface area (Å²) in [6, 6.07) is 0.951. The number of fused-ring (bicyclic) bond motifs is 1. The zero-order valence-corrected chi connectivity index (χ0v) is 10.3. The number of nitrogens with zero attached hydrogens (tertiary/aromatic N) is 2. The predicted molar refractivity (Wildman–Crippen MR) is 60.6 cm³/mol. The largest absolute Gasteiger partial charge is 0.435 e. The van der Waals surface area contributed by atoms with E-state index in [9.17, 15) is 18.0 Å². The van der Waals surface area contributed by atoms with Crippen molar-refractivity contribution in [1.82, 2.24) is 9.78 Å². The summed E-state index contributed by atoms with van der Waals surface area (Å²) in [6.07, 6.45) is -2.75. The van der Waals surface area contributed by atoms with Gasteiger partial charge in [-0.25, -0.2) is 4.68 Å². The van der Waals surface area contributed by atoms with Crippen molar-refractivity contribution >= 4 is 12.0 Å². The maximum absolute atomic E-state index is 12.8. The second-order valence-electron chi connectivity index (χ2n) is 4.56. The van der Waals surface area contributed by atoms with Crippen LogP contribution in [0.3, 0.4) is 0 Å². The molecule has 1 atom stereocenters. The van der Waals surface area contributed by atoms with Crippen molar-refractivity contribution in [2.45, 2.75) is 24.8 Å². The van der Waals surface area contributed by atoms with E-state index in [0.717, 1.165) is 10.7 Å². The van der Waals surface area contributed by atoms with Gasteiger partial charge in [0.1, 0.15) is 5.70 Å². The normalized spacial score (nSPS) is 23.6. The molecular formula is C12H11F3N2O3. The monoisotopic (exact) mass is 288 g/mol. The molecule has 1 fully saturated rings. The van der Waals surface area contributed by atoms with Gasteiger partial charge in [-0.1, -0.05) is 6.08 Å². The van der Waals surface area contributed by atoms with Crippen molar-refractivity contribution < 1.29 is 27.4 Å². The number of ether oxygens (including phenoxy) is 2. The molecule has 8 heteroatoms. The zero-order valence-electron chi connectivity index (χ0n) is 10.3. The molecule has 0 spiro atoms. The van der Waals surface area contributed by atoms with E-state index in [1.54, 1.807) is 6.08 Å². The number of aldehydes is 1. The number of carbonyl (C=O) groups is 1. The molecule has 0 aromatic carbocycles. The van der Waals surface area contributed by atoms with Crippen LogP contribution in [0.4, 0.5) is 13.2 Å². The Balaban J connectivity index is 2.03. The molecule has 2 aliphatic heterocycles. The van der Waals surface area contributed by atoms with Crippen molar-refractivity contribution in [3.8, 4) is 0 Å². The second kappa shape index (κ2) is 4.71. The van der Waals surface area contributed by atoms with E-state index < -0.39 is 24.1 Å². The number of rotatable bonds is 2. The lowest BCUT2D eigenvalue weighted by Crippen LogP contribution is -2.25. The number of allylic oxidation sites excluding steroid dienone is 2. The third-order valence-corrected chi connectivity index (χ3v) is 3.33. The van der Waals surface area contributed by atoms with Crippen LogP contribution < -0.4 is 0 Å². The summed E-state index contributed by atoms with van der Waals surface area (Å²) >= 11 is 0. The molecule has 0 N–H and O–H groups in total. The molecule has 1 aromatic heterocycles. The van der Waals surface area contributed by atoms with Gasteiger partial charge in [-0.15, -0.1) is 0 Å². The van der Waals surface area contributed by atoms with E-state index >= 15 is 0 Å². The molecule has 1 unspecified atom stereocenters. The first kappa shape index (κ1) is 13.3. The summed E-state index contributed by atoms with van der Waals surface area (Å²) in [6.45, 7) is 0.817. The second-order valence-corrected chi connectivity index (χ2v) is 4.56. The first-order valence-corrected chi connectivity index (χ1v) is 6.07. The highest BCUT2D eigenvalue weighted by atomic mass is 19.4. The van der Waals surface area contributed by atoms with Crippen molar-refractivity contribution in [1.29, 1.82) is 0 Å². The molecule has 0 amide bonds. The Morgan fingerprint density at radius 2 is 2.05 bits per heavy atom. The van der Waals surface area contributed by atoms with Crippen LogP contribution in [0.25, 0.3) is 5.70 Å². The lowest BCUT2D eigenvalue weighted by Gasteiger charge is -2.25. The Hall–Kier alpha value is -1.67. The third-order valence-electron chi connectivity index (χ3n) is 3.33. The van der Waals surface area contributed by atoms with Crippen LogP contribution in [0.2, 0.25) is 0 Å². The van der Waals surface area contributed by atoms with Crippen LogP contribution in [0.1, 0.15) is 23.7 Å². The van der Waals surface area contributed by atoms with E-state index in [-0.39, 0.29) is 11.4 Å². The standard InChI is InChI=1S/C12H11F3N2O3/c13-12(14,15)10-5-9-8(11-19-3-4-20-11)2-1-7(6-18)17(9)16-10/h1,5-6,8,11H,2-4H2. The topological polar surface area (TPSA) is 53.4 Å². The smallest absolute Gasteiger partial charge is 0.350 e. The first-order valence-electron chi connectivity index (χ1n) is 6.07. The third kappa shape index (κ3) is 2.14. The van der Waals surface area contributed by atoms with E-state index in [1.165, 1.54) is 0 Å². The summed E-state index contributed by atoms with van der Waals surface area (Å²) in [7, 11) is 0. The Labute approximate surface area is 112 Å². The fraction of sp³-hybridized carbons (Fsp3) is 0.500. The molecule has 20 heavy (non-hydrogen) atoms. The van der Waals surface area contributed by atoms with E-state index in [0.29, 0.717) is 25.9 Å². The number of halogens is 3. The minimum Gasteiger partial charge on any atom is -0.350 e. The fourth-order valence-electron chi connectivity index (χ4n) is 2.42. The summed E-state index contributed by atoms with van der Waals surface area (Å²) in [5, 5.41) is 3.48. The lowest BCUT2D eigenvalue weighted by molar-refractivity contribution is -0.141. The van der Waals surface area contributed by atoms with Crippen molar-refractivity contribution in [3.63, 3.8) is 0 Å². The number of aromatic nitrogens is 2. The SMILES string of the molecule is O=CC1=CCC(C2OCCO2)c2cc(C(F)(F)F)nn21. The van der Waals surface area contributed by atoms with Crippen molar-refractivity contribution in [3.05, 3.63) is 23.5 Å². The minimum absolute atomic E-state index is 0.102. The van der Waals surface area contributed by atoms with Crippen LogP contribution in [-0.4, -0.2) is 35.6 Å².